The molecule has 0 amide bonds. The van der Waals surface area contributed by atoms with Crippen molar-refractivity contribution in [1.82, 2.24) is 0 Å². The van der Waals surface area contributed by atoms with E-state index < -0.39 is 6.10 Å². The lowest BCUT2D eigenvalue weighted by atomic mass is 10.1. The highest BCUT2D eigenvalue weighted by Gasteiger charge is 2.19. The Kier molecular flexibility index (Phi) is 43.1. The highest BCUT2D eigenvalue weighted by atomic mass is 16.6. The topological polar surface area (TPSA) is 78.9 Å². The van der Waals surface area contributed by atoms with Crippen LogP contribution < -0.4 is 0 Å². The fourth-order valence-electron chi connectivity index (χ4n) is 6.01. The maximum atomic E-state index is 12.7. The van der Waals surface area contributed by atoms with Crippen LogP contribution in [0.4, 0.5) is 0 Å². The molecule has 0 heterocycles. The van der Waals surface area contributed by atoms with Crippen LogP contribution in [0.25, 0.3) is 0 Å². The van der Waals surface area contributed by atoms with Gasteiger partial charge in [-0.3, -0.25) is 14.4 Å². The van der Waals surface area contributed by atoms with Crippen LogP contribution in [0, 0.1) is 0 Å². The third-order valence-electron chi connectivity index (χ3n) is 9.52. The van der Waals surface area contributed by atoms with Crippen LogP contribution in [-0.2, 0) is 28.6 Å². The second-order valence-electron chi connectivity index (χ2n) is 15.1. The first-order valence-electron chi connectivity index (χ1n) is 23.3. The molecule has 0 aliphatic heterocycles. The Hall–Kier alpha value is -3.67. The average molecular weight is 805 g/mol. The fourth-order valence-corrected chi connectivity index (χ4v) is 6.01. The van der Waals surface area contributed by atoms with Gasteiger partial charge in [-0.25, -0.2) is 0 Å². The van der Waals surface area contributed by atoms with E-state index in [9.17, 15) is 14.4 Å². The van der Waals surface area contributed by atoms with Gasteiger partial charge in [-0.1, -0.05) is 208 Å². The minimum absolute atomic E-state index is 0.0961. The Morgan fingerprint density at radius 1 is 0.362 bits per heavy atom. The standard InChI is InChI=1S/C52H84O6/c1-4-7-10-13-16-19-21-23-24-25-26-27-28-29-31-33-36-39-42-45-51(54)57-48-49(47-56-50(53)44-41-38-35-32-18-15-12-9-6-3)58-52(55)46-43-40-37-34-30-22-20-17-14-11-8-5-2/h7,10,13,16-17,19-21,23-29,31,49H,4-6,8-9,11-12,14-15,18,22,30,32-48H2,1-3H3/b10-7-,16-13-,20-17-,21-19-,24-23-,26-25+,28-27-,31-29-. The summed E-state index contributed by atoms with van der Waals surface area (Å²) in [6, 6.07) is 0. The molecule has 0 spiro atoms. The van der Waals surface area contributed by atoms with Crippen molar-refractivity contribution in [3.05, 3.63) is 97.2 Å². The van der Waals surface area contributed by atoms with Crippen molar-refractivity contribution in [3.8, 4) is 0 Å². The second kappa shape index (κ2) is 46.0. The van der Waals surface area contributed by atoms with Crippen molar-refractivity contribution in [2.24, 2.45) is 0 Å². The molecule has 0 N–H and O–H groups in total. The molecule has 0 aliphatic carbocycles. The van der Waals surface area contributed by atoms with E-state index in [2.05, 4.69) is 45.1 Å². The van der Waals surface area contributed by atoms with Gasteiger partial charge < -0.3 is 14.2 Å². The van der Waals surface area contributed by atoms with Crippen LogP contribution in [0.5, 0.6) is 0 Å². The Morgan fingerprint density at radius 3 is 1.16 bits per heavy atom. The summed E-state index contributed by atoms with van der Waals surface area (Å²) in [4.78, 5) is 37.7. The highest BCUT2D eigenvalue weighted by Crippen LogP contribution is 2.13. The maximum absolute atomic E-state index is 12.7. The van der Waals surface area contributed by atoms with Crippen LogP contribution in [0.15, 0.2) is 97.2 Å². The zero-order valence-corrected chi connectivity index (χ0v) is 37.3. The molecule has 0 aromatic carbocycles. The van der Waals surface area contributed by atoms with Gasteiger partial charge >= 0.3 is 17.9 Å². The normalized spacial score (nSPS) is 12.9. The molecule has 0 saturated carbocycles. The van der Waals surface area contributed by atoms with Gasteiger partial charge in [0.2, 0.25) is 0 Å². The Morgan fingerprint density at radius 2 is 0.690 bits per heavy atom. The number of rotatable bonds is 40. The highest BCUT2D eigenvalue weighted by molar-refractivity contribution is 5.71. The summed E-state index contributed by atoms with van der Waals surface area (Å²) >= 11 is 0. The molecule has 0 radical (unpaired) electrons. The summed E-state index contributed by atoms with van der Waals surface area (Å²) in [5, 5.41) is 0. The van der Waals surface area contributed by atoms with Crippen LogP contribution in [0.1, 0.15) is 194 Å². The summed E-state index contributed by atoms with van der Waals surface area (Å²) < 4.78 is 16.7. The second-order valence-corrected chi connectivity index (χ2v) is 15.1. The van der Waals surface area contributed by atoms with E-state index in [1.54, 1.807) is 0 Å². The summed E-state index contributed by atoms with van der Waals surface area (Å²) in [5.74, 6) is -0.963. The molecule has 58 heavy (non-hydrogen) atoms. The molecule has 0 fully saturated rings. The Balaban J connectivity index is 4.48. The molecule has 0 aromatic heterocycles. The van der Waals surface area contributed by atoms with E-state index in [1.807, 2.05) is 72.9 Å². The lowest BCUT2D eigenvalue weighted by Crippen LogP contribution is -2.30. The van der Waals surface area contributed by atoms with Crippen LogP contribution >= 0.6 is 0 Å². The molecule has 6 heteroatoms. The van der Waals surface area contributed by atoms with Crippen LogP contribution in [0.2, 0.25) is 0 Å². The summed E-state index contributed by atoms with van der Waals surface area (Å²) in [7, 11) is 0. The Labute approximate surface area is 356 Å². The molecule has 0 bridgehead atoms. The largest absolute Gasteiger partial charge is 0.462 e. The number of ether oxygens (including phenoxy) is 3. The molecule has 0 aliphatic rings. The zero-order chi connectivity index (χ0) is 42.3. The van der Waals surface area contributed by atoms with Gasteiger partial charge in [0.25, 0.3) is 0 Å². The number of esters is 3. The van der Waals surface area contributed by atoms with E-state index in [0.717, 1.165) is 83.5 Å². The minimum Gasteiger partial charge on any atom is -0.462 e. The van der Waals surface area contributed by atoms with Gasteiger partial charge in [0.1, 0.15) is 13.2 Å². The first-order valence-corrected chi connectivity index (χ1v) is 23.3. The summed E-state index contributed by atoms with van der Waals surface area (Å²) in [6.45, 7) is 6.37. The lowest BCUT2D eigenvalue weighted by Gasteiger charge is -2.18. The molecule has 1 atom stereocenters. The predicted molar refractivity (Wildman–Crippen MR) is 247 cm³/mol. The van der Waals surface area contributed by atoms with E-state index in [1.165, 1.54) is 70.6 Å². The van der Waals surface area contributed by atoms with Gasteiger partial charge in [-0.2, -0.15) is 0 Å². The predicted octanol–water partition coefficient (Wildman–Crippen LogP) is 15.0. The molecule has 6 nitrogen and oxygen atoms in total. The van der Waals surface area contributed by atoms with Crippen molar-refractivity contribution >= 4 is 17.9 Å². The Bertz CT molecular complexity index is 1200. The van der Waals surface area contributed by atoms with Gasteiger partial charge in [-0.05, 0) is 64.2 Å². The number of unbranched alkanes of at least 4 members (excludes halogenated alkanes) is 19. The molecule has 0 saturated heterocycles. The van der Waals surface area contributed by atoms with Crippen molar-refractivity contribution in [3.63, 3.8) is 0 Å². The molecule has 0 rings (SSSR count). The molecule has 328 valence electrons. The lowest BCUT2D eigenvalue weighted by molar-refractivity contribution is -0.167. The number of hydrogen-bond donors (Lipinski definition) is 0. The number of carbonyl (C=O) groups excluding carboxylic acids is 3. The maximum Gasteiger partial charge on any atom is 0.306 e. The quantitative estimate of drug-likeness (QED) is 0.0202. The van der Waals surface area contributed by atoms with Crippen LogP contribution in [-0.4, -0.2) is 37.2 Å². The van der Waals surface area contributed by atoms with Gasteiger partial charge in [0.15, 0.2) is 6.10 Å². The van der Waals surface area contributed by atoms with E-state index in [0.29, 0.717) is 19.3 Å². The monoisotopic (exact) mass is 805 g/mol. The summed E-state index contributed by atoms with van der Waals surface area (Å²) in [5.41, 5.74) is 0. The molecule has 0 aromatic rings. The fraction of sp³-hybridized carbons (Fsp3) is 0.635. The zero-order valence-electron chi connectivity index (χ0n) is 37.3. The van der Waals surface area contributed by atoms with Gasteiger partial charge in [0, 0.05) is 19.3 Å². The first kappa shape index (κ1) is 54.3. The third-order valence-corrected chi connectivity index (χ3v) is 9.52. The van der Waals surface area contributed by atoms with Crippen molar-refractivity contribution in [2.75, 3.05) is 13.2 Å². The van der Waals surface area contributed by atoms with E-state index in [-0.39, 0.29) is 31.1 Å². The SMILES string of the molecule is CC\C=C/C=C\C=C/C=C\C=C\C=C/C=C\CCCCCC(=O)OCC(COC(=O)CCCCCCCCCCC)OC(=O)CCCCCCC/C=C\CCCCC. The van der Waals surface area contributed by atoms with Crippen molar-refractivity contribution in [2.45, 2.75) is 200 Å². The van der Waals surface area contributed by atoms with Crippen molar-refractivity contribution in [1.29, 1.82) is 0 Å². The smallest absolute Gasteiger partial charge is 0.306 e. The minimum atomic E-state index is -0.797. The van der Waals surface area contributed by atoms with E-state index in [4.69, 9.17) is 14.2 Å². The van der Waals surface area contributed by atoms with Gasteiger partial charge in [-0.15, -0.1) is 0 Å². The average Bonchev–Trinajstić information content (AvgIpc) is 3.22. The molecule has 1 unspecified atom stereocenters. The first-order chi connectivity index (χ1) is 28.5. The number of hydrogen-bond acceptors (Lipinski definition) is 6. The van der Waals surface area contributed by atoms with Gasteiger partial charge in [0.05, 0.1) is 0 Å². The van der Waals surface area contributed by atoms with Crippen LogP contribution in [0.3, 0.4) is 0 Å². The van der Waals surface area contributed by atoms with E-state index >= 15 is 0 Å². The third kappa shape index (κ3) is 43.5. The number of allylic oxidation sites excluding steroid dienone is 16. The summed E-state index contributed by atoms with van der Waals surface area (Å²) in [6.07, 6.45) is 59.5. The molecular formula is C52H84O6. The molecular weight excluding hydrogens is 721 g/mol. The van der Waals surface area contributed by atoms with Crippen molar-refractivity contribution < 1.29 is 28.6 Å². The number of carbonyl (C=O) groups is 3.